The fourth-order valence-corrected chi connectivity index (χ4v) is 0.717. The summed E-state index contributed by atoms with van der Waals surface area (Å²) < 4.78 is 1.42. The highest BCUT2D eigenvalue weighted by molar-refractivity contribution is 5.38. The van der Waals surface area contributed by atoms with Gasteiger partial charge in [0.1, 0.15) is 6.33 Å². The first-order valence-corrected chi connectivity index (χ1v) is 2.70. The van der Waals surface area contributed by atoms with Gasteiger partial charge in [-0.25, -0.2) is 9.97 Å². The van der Waals surface area contributed by atoms with Gasteiger partial charge in [-0.3, -0.25) is 0 Å². The monoisotopic (exact) mass is 134 g/mol. The Morgan fingerprint density at radius 3 is 3.20 bits per heavy atom. The minimum absolute atomic E-state index is 0.325. The van der Waals surface area contributed by atoms with Crippen molar-refractivity contribution in [3.05, 3.63) is 18.6 Å². The second kappa shape index (κ2) is 1.66. The molecule has 49 valence electrons. The van der Waals surface area contributed by atoms with Crippen molar-refractivity contribution in [2.75, 3.05) is 5.73 Å². The van der Waals surface area contributed by atoms with Gasteiger partial charge >= 0.3 is 0 Å². The number of fused-ring (bicyclic) bond motifs is 1. The lowest BCUT2D eigenvalue weighted by molar-refractivity contribution is 0.909. The normalized spacial score (nSPS) is 10.4. The van der Waals surface area contributed by atoms with Crippen LogP contribution in [-0.4, -0.2) is 19.6 Å². The van der Waals surface area contributed by atoms with Crippen LogP contribution in [0.3, 0.4) is 0 Å². The molecule has 0 unspecified atom stereocenters. The zero-order chi connectivity index (χ0) is 6.97. The van der Waals surface area contributed by atoms with Crippen LogP contribution in [0.1, 0.15) is 0 Å². The molecule has 2 aromatic heterocycles. The van der Waals surface area contributed by atoms with E-state index in [1.54, 1.807) is 0 Å². The Kier molecular flexibility index (Phi) is 0.858. The highest BCUT2D eigenvalue weighted by Gasteiger charge is 1.96. The van der Waals surface area contributed by atoms with Crippen LogP contribution in [0.25, 0.3) is 5.65 Å². The van der Waals surface area contributed by atoms with Crippen LogP contribution in [0.4, 0.5) is 5.95 Å². The first-order valence-electron chi connectivity index (χ1n) is 2.70. The van der Waals surface area contributed by atoms with Crippen molar-refractivity contribution in [2.45, 2.75) is 0 Å². The molecule has 0 bridgehead atoms. The van der Waals surface area contributed by atoms with Gasteiger partial charge in [-0.2, -0.15) is 9.61 Å². The Bertz CT molecular complexity index is 352. The summed E-state index contributed by atoms with van der Waals surface area (Å²) in [6.07, 6.45) is 2.88. The molecule has 0 aliphatic rings. The first-order chi connectivity index (χ1) is 4.88. The molecule has 0 aliphatic heterocycles. The van der Waals surface area contributed by atoms with Gasteiger partial charge in [-0.15, -0.1) is 0 Å². The number of nitrogens with zero attached hydrogens (tertiary/aromatic N) is 4. The maximum absolute atomic E-state index is 5.43. The molecule has 0 fully saturated rings. The summed E-state index contributed by atoms with van der Waals surface area (Å²) in [5.41, 5.74) is 6.02. The van der Waals surface area contributed by atoms with E-state index < -0.39 is 0 Å². The van der Waals surface area contributed by atoms with E-state index in [4.69, 9.17) is 5.73 Å². The molecule has 0 aromatic carbocycles. The zero-order valence-electron chi connectivity index (χ0n) is 5.02. The topological polar surface area (TPSA) is 69.1 Å². The molecule has 2 aromatic rings. The number of aromatic nitrogens is 4. The Morgan fingerprint density at radius 2 is 2.40 bits per heavy atom. The van der Waals surface area contributed by atoms with Crippen molar-refractivity contribution < 1.29 is 0 Å². The van der Waals surface area contributed by atoms with Crippen molar-refractivity contribution >= 4 is 11.6 Å². The predicted molar refractivity (Wildman–Crippen MR) is 34.0 cm³/mol. The maximum Gasteiger partial charge on any atom is 0.224 e. The van der Waals surface area contributed by atoms with Crippen LogP contribution in [0.15, 0.2) is 12.5 Å². The zero-order valence-corrected chi connectivity index (χ0v) is 5.02. The van der Waals surface area contributed by atoms with E-state index in [1.807, 2.05) is 0 Å². The fraction of sp³-hybridized carbons (Fsp3) is 0. The summed E-state index contributed by atoms with van der Waals surface area (Å²) in [6, 6.07) is 2.78. The molecule has 0 aliphatic carbocycles. The fourth-order valence-electron chi connectivity index (χ4n) is 0.717. The average Bonchev–Trinajstić information content (AvgIpc) is 2.36. The number of nitrogen functional groups attached to an aromatic ring is 1. The van der Waals surface area contributed by atoms with Crippen molar-refractivity contribution in [3.8, 4) is 0 Å². The highest BCUT2D eigenvalue weighted by Crippen LogP contribution is 1.98. The molecule has 0 spiro atoms. The Balaban J connectivity index is 2.95. The van der Waals surface area contributed by atoms with Gasteiger partial charge in [0.2, 0.25) is 5.95 Å². The summed E-state index contributed by atoms with van der Waals surface area (Å²) in [5, 5.41) is 3.83. The third-order valence-electron chi connectivity index (χ3n) is 1.15. The van der Waals surface area contributed by atoms with Crippen LogP contribution >= 0.6 is 0 Å². The van der Waals surface area contributed by atoms with E-state index in [2.05, 4.69) is 21.1 Å². The van der Waals surface area contributed by atoms with Gasteiger partial charge in [0.15, 0.2) is 5.65 Å². The molecule has 10 heavy (non-hydrogen) atoms. The van der Waals surface area contributed by atoms with Crippen LogP contribution in [0.2, 0.25) is 0 Å². The molecule has 0 saturated carbocycles. The number of rotatable bonds is 0. The second-order valence-electron chi connectivity index (χ2n) is 1.76. The third-order valence-corrected chi connectivity index (χ3v) is 1.15. The summed E-state index contributed by atoms with van der Waals surface area (Å²) in [5.74, 6) is 0.325. The SMILES string of the molecule is Nc1ncnc2[c]cnn12. The summed E-state index contributed by atoms with van der Waals surface area (Å²) in [7, 11) is 0. The van der Waals surface area contributed by atoms with Gasteiger partial charge < -0.3 is 5.73 Å². The Hall–Kier alpha value is -1.65. The van der Waals surface area contributed by atoms with Crippen molar-refractivity contribution in [1.82, 2.24) is 19.6 Å². The van der Waals surface area contributed by atoms with Crippen molar-refractivity contribution in [2.24, 2.45) is 0 Å². The van der Waals surface area contributed by atoms with Gasteiger partial charge in [-0.1, -0.05) is 0 Å². The lowest BCUT2D eigenvalue weighted by Crippen LogP contribution is -2.01. The van der Waals surface area contributed by atoms with E-state index in [9.17, 15) is 0 Å². The molecule has 1 radical (unpaired) electrons. The second-order valence-corrected chi connectivity index (χ2v) is 1.76. The molecule has 5 heteroatoms. The Morgan fingerprint density at radius 1 is 1.50 bits per heavy atom. The van der Waals surface area contributed by atoms with E-state index >= 15 is 0 Å². The van der Waals surface area contributed by atoms with E-state index in [0.717, 1.165) is 0 Å². The lowest BCUT2D eigenvalue weighted by atomic mass is 10.7. The van der Waals surface area contributed by atoms with Gasteiger partial charge in [0.25, 0.3) is 0 Å². The molecule has 5 nitrogen and oxygen atoms in total. The molecule has 2 rings (SSSR count). The van der Waals surface area contributed by atoms with Crippen LogP contribution in [0.5, 0.6) is 0 Å². The van der Waals surface area contributed by atoms with Crippen LogP contribution in [-0.2, 0) is 0 Å². The molecule has 0 atom stereocenters. The number of hydrogen-bond acceptors (Lipinski definition) is 4. The lowest BCUT2D eigenvalue weighted by Gasteiger charge is -1.92. The standard InChI is InChI=1S/C5H4N5/c6-5-8-3-7-4-1-2-9-10(4)5/h2-3H,(H2,6,7,8). The maximum atomic E-state index is 5.43. The van der Waals surface area contributed by atoms with Gasteiger partial charge in [0, 0.05) is 0 Å². The number of nitrogens with two attached hydrogens (primary N) is 1. The summed E-state index contributed by atoms with van der Waals surface area (Å²) in [6.45, 7) is 0. The molecule has 0 saturated heterocycles. The molecular formula is C5H4N5. The summed E-state index contributed by atoms with van der Waals surface area (Å²) in [4.78, 5) is 7.58. The number of anilines is 1. The molecule has 2 N–H and O–H groups in total. The minimum Gasteiger partial charge on any atom is -0.368 e. The predicted octanol–water partition coefficient (Wildman–Crippen LogP) is -0.493. The quantitative estimate of drug-likeness (QED) is 0.527. The average molecular weight is 134 g/mol. The van der Waals surface area contributed by atoms with Crippen molar-refractivity contribution in [3.63, 3.8) is 0 Å². The Labute approximate surface area is 56.5 Å². The number of hydrogen-bond donors (Lipinski definition) is 1. The van der Waals surface area contributed by atoms with Crippen LogP contribution in [0, 0.1) is 6.07 Å². The van der Waals surface area contributed by atoms with Crippen LogP contribution < -0.4 is 5.73 Å². The van der Waals surface area contributed by atoms with E-state index in [0.29, 0.717) is 11.6 Å². The third kappa shape index (κ3) is 0.540. The minimum atomic E-state index is 0.325. The molecule has 2 heterocycles. The molecular weight excluding hydrogens is 130 g/mol. The highest BCUT2D eigenvalue weighted by atomic mass is 15.3. The van der Waals surface area contributed by atoms with E-state index in [-0.39, 0.29) is 0 Å². The van der Waals surface area contributed by atoms with Crippen molar-refractivity contribution in [1.29, 1.82) is 0 Å². The van der Waals surface area contributed by atoms with E-state index in [1.165, 1.54) is 17.0 Å². The summed E-state index contributed by atoms with van der Waals surface area (Å²) >= 11 is 0. The van der Waals surface area contributed by atoms with Gasteiger partial charge in [-0.05, 0) is 0 Å². The largest absolute Gasteiger partial charge is 0.368 e. The molecule has 0 amide bonds. The van der Waals surface area contributed by atoms with Gasteiger partial charge in [0.05, 0.1) is 12.3 Å². The smallest absolute Gasteiger partial charge is 0.224 e. The first kappa shape index (κ1) is 5.16.